The average Bonchev–Trinajstić information content (AvgIpc) is 2.76. The van der Waals surface area contributed by atoms with Gasteiger partial charge in [0.1, 0.15) is 0 Å². The Balaban J connectivity index is 1.84. The normalized spacial score (nSPS) is 17.0. The zero-order chi connectivity index (χ0) is 20.9. The average molecular weight is 415 g/mol. The summed E-state index contributed by atoms with van der Waals surface area (Å²) in [6.07, 6.45) is 3.04. The molecule has 2 aromatic rings. The van der Waals surface area contributed by atoms with Crippen LogP contribution in [0.5, 0.6) is 0 Å². The summed E-state index contributed by atoms with van der Waals surface area (Å²) in [5, 5.41) is 3.08. The first-order chi connectivity index (χ1) is 13.9. The van der Waals surface area contributed by atoms with Crippen LogP contribution in [0.3, 0.4) is 0 Å². The molecule has 0 saturated carbocycles. The number of nitrogens with one attached hydrogen (secondary N) is 1. The molecule has 0 spiro atoms. The summed E-state index contributed by atoms with van der Waals surface area (Å²) in [4.78, 5) is 13.4. The van der Waals surface area contributed by atoms with Crippen LogP contribution >= 0.6 is 0 Å². The van der Waals surface area contributed by atoms with E-state index in [4.69, 9.17) is 0 Å². The van der Waals surface area contributed by atoms with Gasteiger partial charge in [-0.15, -0.1) is 0 Å². The summed E-state index contributed by atoms with van der Waals surface area (Å²) in [5.41, 5.74) is 2.23. The predicted molar refractivity (Wildman–Crippen MR) is 117 cm³/mol. The van der Waals surface area contributed by atoms with E-state index in [-0.39, 0.29) is 11.7 Å². The largest absolute Gasteiger partial charge is 0.325 e. The number of piperidine rings is 1. The minimum Gasteiger partial charge on any atom is -0.325 e. The molecular formula is C23H30N2O3S. The first-order valence-corrected chi connectivity index (χ1v) is 12.0. The summed E-state index contributed by atoms with van der Waals surface area (Å²) in [5.74, 6) is 0.0160. The second-order valence-electron chi connectivity index (χ2n) is 7.65. The third-order valence-corrected chi connectivity index (χ3v) is 7.73. The van der Waals surface area contributed by atoms with Crippen LogP contribution in [0.4, 0.5) is 5.69 Å². The highest BCUT2D eigenvalue weighted by Crippen LogP contribution is 2.37. The molecule has 0 radical (unpaired) electrons. The Bertz CT molecular complexity index is 916. The Kier molecular flexibility index (Phi) is 6.75. The quantitative estimate of drug-likeness (QED) is 0.746. The minimum atomic E-state index is -3.25. The number of aryl methyl sites for hydroxylation is 1. The molecule has 1 aliphatic heterocycles. The van der Waals surface area contributed by atoms with E-state index in [2.05, 4.69) is 12.2 Å². The van der Waals surface area contributed by atoms with Gasteiger partial charge in [0.25, 0.3) is 0 Å². The molecule has 5 nitrogen and oxygen atoms in total. The van der Waals surface area contributed by atoms with Gasteiger partial charge in [0.2, 0.25) is 15.9 Å². The van der Waals surface area contributed by atoms with E-state index in [0.29, 0.717) is 25.9 Å². The van der Waals surface area contributed by atoms with E-state index in [1.807, 2.05) is 54.6 Å². The first-order valence-electron chi connectivity index (χ1n) is 10.3. The SMILES string of the molecule is CCCc1ccc(NC(=O)C2(c3ccccc3)CCN(S(=O)(=O)CC)CC2)cc1. The number of sulfonamides is 1. The van der Waals surface area contributed by atoms with Crippen LogP contribution in [-0.2, 0) is 26.7 Å². The summed E-state index contributed by atoms with van der Waals surface area (Å²) < 4.78 is 26.1. The van der Waals surface area contributed by atoms with E-state index >= 15 is 0 Å². The molecule has 1 N–H and O–H groups in total. The molecule has 1 saturated heterocycles. The second kappa shape index (κ2) is 9.09. The van der Waals surface area contributed by atoms with Crippen molar-refractivity contribution in [2.75, 3.05) is 24.2 Å². The van der Waals surface area contributed by atoms with Crippen LogP contribution < -0.4 is 5.32 Å². The van der Waals surface area contributed by atoms with Crippen LogP contribution in [0, 0.1) is 0 Å². The van der Waals surface area contributed by atoms with Gasteiger partial charge in [-0.25, -0.2) is 12.7 Å². The van der Waals surface area contributed by atoms with Gasteiger partial charge >= 0.3 is 0 Å². The number of hydrogen-bond donors (Lipinski definition) is 1. The second-order valence-corrected chi connectivity index (χ2v) is 9.91. The number of carbonyl (C=O) groups excluding carboxylic acids is 1. The van der Waals surface area contributed by atoms with Gasteiger partial charge in [0.15, 0.2) is 0 Å². The maximum Gasteiger partial charge on any atom is 0.235 e. The number of nitrogens with zero attached hydrogens (tertiary/aromatic N) is 1. The van der Waals surface area contributed by atoms with Crippen molar-refractivity contribution in [2.24, 2.45) is 0 Å². The fourth-order valence-electron chi connectivity index (χ4n) is 4.03. The van der Waals surface area contributed by atoms with Gasteiger partial charge in [-0.2, -0.15) is 0 Å². The Hall–Kier alpha value is -2.18. The molecule has 0 unspecified atom stereocenters. The van der Waals surface area contributed by atoms with Gasteiger partial charge in [0.05, 0.1) is 11.2 Å². The molecule has 0 atom stereocenters. The van der Waals surface area contributed by atoms with Gasteiger partial charge in [0, 0.05) is 18.8 Å². The van der Waals surface area contributed by atoms with E-state index in [9.17, 15) is 13.2 Å². The fourth-order valence-corrected chi connectivity index (χ4v) is 5.13. The number of hydrogen-bond acceptors (Lipinski definition) is 3. The molecule has 0 aromatic heterocycles. The van der Waals surface area contributed by atoms with Gasteiger partial charge in [-0.3, -0.25) is 4.79 Å². The lowest BCUT2D eigenvalue weighted by Crippen LogP contribution is -2.51. The smallest absolute Gasteiger partial charge is 0.235 e. The molecule has 0 aliphatic carbocycles. The molecule has 6 heteroatoms. The standard InChI is InChI=1S/C23H30N2O3S/c1-3-8-19-11-13-21(14-12-19)24-22(26)23(20-9-6-5-7-10-20)15-17-25(18-16-23)29(27,28)4-2/h5-7,9-14H,3-4,8,15-18H2,1-2H3,(H,24,26). The topological polar surface area (TPSA) is 66.5 Å². The summed E-state index contributed by atoms with van der Waals surface area (Å²) >= 11 is 0. The van der Waals surface area contributed by atoms with E-state index in [1.165, 1.54) is 9.87 Å². The zero-order valence-corrected chi connectivity index (χ0v) is 18.0. The van der Waals surface area contributed by atoms with Crippen molar-refractivity contribution in [3.05, 3.63) is 65.7 Å². The molecule has 0 bridgehead atoms. The summed E-state index contributed by atoms with van der Waals surface area (Å²) in [6, 6.07) is 17.7. The third kappa shape index (κ3) is 4.70. The maximum atomic E-state index is 13.4. The van der Waals surface area contributed by atoms with Crippen molar-refractivity contribution in [1.82, 2.24) is 4.31 Å². The van der Waals surface area contributed by atoms with E-state index < -0.39 is 15.4 Å². The molecule has 29 heavy (non-hydrogen) atoms. The Morgan fingerprint density at radius 2 is 1.62 bits per heavy atom. The van der Waals surface area contributed by atoms with Crippen LogP contribution in [0.2, 0.25) is 0 Å². The van der Waals surface area contributed by atoms with Crippen LogP contribution in [0.1, 0.15) is 44.2 Å². The number of amides is 1. The minimum absolute atomic E-state index is 0.0690. The molecule has 1 aliphatic rings. The molecular weight excluding hydrogens is 384 g/mol. The lowest BCUT2D eigenvalue weighted by atomic mass is 9.72. The predicted octanol–water partition coefficient (Wildman–Crippen LogP) is 3.96. The van der Waals surface area contributed by atoms with E-state index in [1.54, 1.807) is 6.92 Å². The maximum absolute atomic E-state index is 13.4. The molecule has 156 valence electrons. The van der Waals surface area contributed by atoms with Crippen LogP contribution in [-0.4, -0.2) is 37.5 Å². The Morgan fingerprint density at radius 1 is 1.00 bits per heavy atom. The highest BCUT2D eigenvalue weighted by Gasteiger charge is 2.44. The van der Waals surface area contributed by atoms with E-state index in [0.717, 1.165) is 24.1 Å². The number of carbonyl (C=O) groups is 1. The van der Waals surface area contributed by atoms with Crippen molar-refractivity contribution in [2.45, 2.75) is 44.9 Å². The molecule has 1 amide bonds. The summed E-state index contributed by atoms with van der Waals surface area (Å²) in [6.45, 7) is 4.51. The van der Waals surface area contributed by atoms with Gasteiger partial charge in [-0.1, -0.05) is 55.8 Å². The highest BCUT2D eigenvalue weighted by atomic mass is 32.2. The fraction of sp³-hybridized carbons (Fsp3) is 0.435. The zero-order valence-electron chi connectivity index (χ0n) is 17.2. The molecule has 3 rings (SSSR count). The van der Waals surface area contributed by atoms with Crippen LogP contribution in [0.25, 0.3) is 0 Å². The third-order valence-electron chi connectivity index (χ3n) is 5.85. The Labute approximate surface area is 174 Å². The van der Waals surface area contributed by atoms with Gasteiger partial charge < -0.3 is 5.32 Å². The first kappa shape index (κ1) is 21.5. The Morgan fingerprint density at radius 3 is 2.17 bits per heavy atom. The molecule has 1 heterocycles. The van der Waals surface area contributed by atoms with Crippen molar-refractivity contribution < 1.29 is 13.2 Å². The number of rotatable bonds is 7. The lowest BCUT2D eigenvalue weighted by molar-refractivity contribution is -0.123. The monoisotopic (exact) mass is 414 g/mol. The van der Waals surface area contributed by atoms with Gasteiger partial charge in [-0.05, 0) is 49.4 Å². The van der Waals surface area contributed by atoms with Crippen LogP contribution in [0.15, 0.2) is 54.6 Å². The summed E-state index contributed by atoms with van der Waals surface area (Å²) in [7, 11) is -3.25. The molecule has 1 fully saturated rings. The lowest BCUT2D eigenvalue weighted by Gasteiger charge is -2.40. The van der Waals surface area contributed by atoms with Crippen molar-refractivity contribution >= 4 is 21.6 Å². The van der Waals surface area contributed by atoms with Crippen molar-refractivity contribution in [3.63, 3.8) is 0 Å². The van der Waals surface area contributed by atoms with Crippen molar-refractivity contribution in [3.8, 4) is 0 Å². The highest BCUT2D eigenvalue weighted by molar-refractivity contribution is 7.89. The molecule has 2 aromatic carbocycles. The number of anilines is 1. The van der Waals surface area contributed by atoms with Crippen molar-refractivity contribution in [1.29, 1.82) is 0 Å². The number of benzene rings is 2.